The molecular formula is C10H21N3. The number of rotatable bonds is 4. The van der Waals surface area contributed by atoms with Crippen LogP contribution in [0.5, 0.6) is 0 Å². The molecule has 0 aromatic carbocycles. The van der Waals surface area contributed by atoms with Crippen molar-refractivity contribution >= 4 is 5.84 Å². The van der Waals surface area contributed by atoms with Crippen LogP contribution < -0.4 is 5.73 Å². The van der Waals surface area contributed by atoms with Crippen LogP contribution in [0.4, 0.5) is 0 Å². The van der Waals surface area contributed by atoms with Crippen molar-refractivity contribution in [2.75, 3.05) is 19.6 Å². The molecule has 0 aromatic heterocycles. The zero-order chi connectivity index (χ0) is 9.68. The second kappa shape index (κ2) is 5.22. The third kappa shape index (κ3) is 2.99. The summed E-state index contributed by atoms with van der Waals surface area (Å²) in [5, 5.41) is 0. The summed E-state index contributed by atoms with van der Waals surface area (Å²) in [6.07, 6.45) is 3.48. The van der Waals surface area contributed by atoms with Crippen molar-refractivity contribution in [3.8, 4) is 0 Å². The molecule has 0 radical (unpaired) electrons. The lowest BCUT2D eigenvalue weighted by atomic mass is 10.2. The Morgan fingerprint density at radius 2 is 2.31 bits per heavy atom. The molecule has 76 valence electrons. The maximum Gasteiger partial charge on any atom is 0.0934 e. The minimum atomic E-state index is 0.648. The largest absolute Gasteiger partial charge is 0.387 e. The summed E-state index contributed by atoms with van der Waals surface area (Å²) in [5.74, 6) is 0.794. The van der Waals surface area contributed by atoms with E-state index >= 15 is 0 Å². The summed E-state index contributed by atoms with van der Waals surface area (Å²) in [6, 6.07) is 0.648. The zero-order valence-electron chi connectivity index (χ0n) is 8.79. The molecule has 1 fully saturated rings. The Labute approximate surface area is 81.0 Å². The minimum absolute atomic E-state index is 0.648. The maximum absolute atomic E-state index is 5.67. The van der Waals surface area contributed by atoms with Gasteiger partial charge in [0, 0.05) is 12.5 Å². The molecule has 0 saturated carbocycles. The molecule has 1 heterocycles. The van der Waals surface area contributed by atoms with Gasteiger partial charge in [-0.2, -0.15) is 0 Å². The third-order valence-electron chi connectivity index (χ3n) is 2.77. The summed E-state index contributed by atoms with van der Waals surface area (Å²) in [7, 11) is 0. The number of hydrogen-bond acceptors (Lipinski definition) is 2. The van der Waals surface area contributed by atoms with E-state index in [-0.39, 0.29) is 0 Å². The number of likely N-dealkylation sites (N-methyl/N-ethyl adjacent to an activating group) is 1. The van der Waals surface area contributed by atoms with Crippen molar-refractivity contribution in [3.05, 3.63) is 0 Å². The lowest BCUT2D eigenvalue weighted by Crippen LogP contribution is -2.32. The Hall–Kier alpha value is -0.570. The van der Waals surface area contributed by atoms with Crippen LogP contribution in [-0.2, 0) is 0 Å². The highest BCUT2D eigenvalue weighted by Gasteiger charge is 2.21. The van der Waals surface area contributed by atoms with Crippen molar-refractivity contribution in [2.45, 2.75) is 39.2 Å². The van der Waals surface area contributed by atoms with E-state index in [9.17, 15) is 0 Å². The first kappa shape index (κ1) is 10.5. The Balaban J connectivity index is 2.35. The van der Waals surface area contributed by atoms with Gasteiger partial charge in [-0.25, -0.2) is 0 Å². The standard InChI is InChI=1S/C10H21N3/c1-3-10(11)12-8-9-6-5-7-13(9)4-2/h9H,3-8H2,1-2H3,(H2,11,12). The van der Waals surface area contributed by atoms with Gasteiger partial charge in [0.05, 0.1) is 12.4 Å². The summed E-state index contributed by atoms with van der Waals surface area (Å²) < 4.78 is 0. The average molecular weight is 183 g/mol. The molecule has 0 spiro atoms. The molecule has 0 aromatic rings. The third-order valence-corrected chi connectivity index (χ3v) is 2.77. The van der Waals surface area contributed by atoms with Gasteiger partial charge in [-0.05, 0) is 25.9 Å². The van der Waals surface area contributed by atoms with Gasteiger partial charge in [-0.1, -0.05) is 13.8 Å². The van der Waals surface area contributed by atoms with Gasteiger partial charge < -0.3 is 5.73 Å². The highest BCUT2D eigenvalue weighted by Crippen LogP contribution is 2.16. The van der Waals surface area contributed by atoms with Gasteiger partial charge >= 0.3 is 0 Å². The molecule has 0 amide bonds. The van der Waals surface area contributed by atoms with Gasteiger partial charge in [0.25, 0.3) is 0 Å². The Morgan fingerprint density at radius 1 is 1.54 bits per heavy atom. The summed E-state index contributed by atoms with van der Waals surface area (Å²) in [6.45, 7) is 7.54. The fraction of sp³-hybridized carbons (Fsp3) is 0.900. The quantitative estimate of drug-likeness (QED) is 0.526. The van der Waals surface area contributed by atoms with Gasteiger partial charge in [0.1, 0.15) is 0 Å². The first-order chi connectivity index (χ1) is 6.27. The molecule has 1 saturated heterocycles. The maximum atomic E-state index is 5.67. The molecular weight excluding hydrogens is 162 g/mol. The van der Waals surface area contributed by atoms with E-state index in [1.54, 1.807) is 0 Å². The van der Waals surface area contributed by atoms with Crippen molar-refractivity contribution in [1.82, 2.24) is 4.90 Å². The smallest absolute Gasteiger partial charge is 0.0934 e. The molecule has 1 rings (SSSR count). The molecule has 3 heteroatoms. The minimum Gasteiger partial charge on any atom is -0.387 e. The van der Waals surface area contributed by atoms with Crippen molar-refractivity contribution in [3.63, 3.8) is 0 Å². The number of likely N-dealkylation sites (tertiary alicyclic amines) is 1. The number of amidine groups is 1. The van der Waals surface area contributed by atoms with Crippen LogP contribution in [0.25, 0.3) is 0 Å². The van der Waals surface area contributed by atoms with E-state index in [1.807, 2.05) is 6.92 Å². The summed E-state index contributed by atoms with van der Waals surface area (Å²) in [5.41, 5.74) is 5.67. The fourth-order valence-electron chi connectivity index (χ4n) is 1.85. The van der Waals surface area contributed by atoms with Crippen molar-refractivity contribution in [1.29, 1.82) is 0 Å². The predicted octanol–water partition coefficient (Wildman–Crippen LogP) is 1.24. The molecule has 2 N–H and O–H groups in total. The molecule has 3 nitrogen and oxygen atoms in total. The van der Waals surface area contributed by atoms with E-state index in [0.29, 0.717) is 6.04 Å². The van der Waals surface area contributed by atoms with E-state index in [1.165, 1.54) is 19.4 Å². The Morgan fingerprint density at radius 3 is 2.92 bits per heavy atom. The lowest BCUT2D eigenvalue weighted by molar-refractivity contribution is 0.273. The highest BCUT2D eigenvalue weighted by atomic mass is 15.2. The molecule has 1 aliphatic rings. The van der Waals surface area contributed by atoms with Crippen LogP contribution in [0.15, 0.2) is 4.99 Å². The number of hydrogen-bond donors (Lipinski definition) is 1. The first-order valence-corrected chi connectivity index (χ1v) is 5.30. The van der Waals surface area contributed by atoms with Crippen LogP contribution in [0, 0.1) is 0 Å². The molecule has 1 aliphatic heterocycles. The van der Waals surface area contributed by atoms with Gasteiger partial charge in [-0.3, -0.25) is 9.89 Å². The molecule has 1 unspecified atom stereocenters. The first-order valence-electron chi connectivity index (χ1n) is 5.30. The van der Waals surface area contributed by atoms with Gasteiger partial charge in [0.2, 0.25) is 0 Å². The van der Waals surface area contributed by atoms with Crippen molar-refractivity contribution < 1.29 is 0 Å². The SMILES string of the molecule is CCC(N)=NCC1CCCN1CC. The fourth-order valence-corrected chi connectivity index (χ4v) is 1.85. The number of nitrogens with zero attached hydrogens (tertiary/aromatic N) is 2. The summed E-state index contributed by atoms with van der Waals surface area (Å²) in [4.78, 5) is 6.87. The van der Waals surface area contributed by atoms with Crippen LogP contribution in [0.2, 0.25) is 0 Å². The van der Waals surface area contributed by atoms with E-state index in [0.717, 1.165) is 25.3 Å². The second-order valence-electron chi connectivity index (χ2n) is 3.61. The number of nitrogens with two attached hydrogens (primary N) is 1. The topological polar surface area (TPSA) is 41.6 Å². The second-order valence-corrected chi connectivity index (χ2v) is 3.61. The van der Waals surface area contributed by atoms with Gasteiger partial charge in [0.15, 0.2) is 0 Å². The van der Waals surface area contributed by atoms with E-state index in [4.69, 9.17) is 5.73 Å². The van der Waals surface area contributed by atoms with Gasteiger partial charge in [-0.15, -0.1) is 0 Å². The monoisotopic (exact) mass is 183 g/mol. The van der Waals surface area contributed by atoms with Crippen molar-refractivity contribution in [2.24, 2.45) is 10.7 Å². The molecule has 0 bridgehead atoms. The Bertz CT molecular complexity index is 177. The zero-order valence-corrected chi connectivity index (χ0v) is 8.79. The predicted molar refractivity (Wildman–Crippen MR) is 57.0 cm³/mol. The van der Waals surface area contributed by atoms with Crippen LogP contribution in [0.3, 0.4) is 0 Å². The van der Waals surface area contributed by atoms with E-state index in [2.05, 4.69) is 16.8 Å². The molecule has 0 aliphatic carbocycles. The molecule has 13 heavy (non-hydrogen) atoms. The van der Waals surface area contributed by atoms with Crippen LogP contribution >= 0.6 is 0 Å². The lowest BCUT2D eigenvalue weighted by Gasteiger charge is -2.20. The normalized spacial score (nSPS) is 25.4. The highest BCUT2D eigenvalue weighted by molar-refractivity contribution is 5.79. The number of aliphatic imine (C=N–C) groups is 1. The summed E-state index contributed by atoms with van der Waals surface area (Å²) >= 11 is 0. The van der Waals surface area contributed by atoms with E-state index < -0.39 is 0 Å². The Kier molecular flexibility index (Phi) is 4.22. The average Bonchev–Trinajstić information content (AvgIpc) is 2.61. The molecule has 1 atom stereocenters. The van der Waals surface area contributed by atoms with Crippen LogP contribution in [-0.4, -0.2) is 36.4 Å². The van der Waals surface area contributed by atoms with Crippen LogP contribution in [0.1, 0.15) is 33.1 Å².